The zero-order chi connectivity index (χ0) is 13.6. The van der Waals surface area contributed by atoms with Crippen LogP contribution in [0, 0.1) is 6.92 Å². The Morgan fingerprint density at radius 2 is 1.94 bits per heavy atom. The third-order valence-electron chi connectivity index (χ3n) is 3.16. The summed E-state index contributed by atoms with van der Waals surface area (Å²) in [5, 5.41) is 8.93. The molecule has 0 bridgehead atoms. The molecule has 0 amide bonds. The van der Waals surface area contributed by atoms with Crippen molar-refractivity contribution in [2.45, 2.75) is 39.3 Å². The van der Waals surface area contributed by atoms with E-state index in [1.54, 1.807) is 0 Å². The van der Waals surface area contributed by atoms with Gasteiger partial charge in [0, 0.05) is 32.1 Å². The Labute approximate surface area is 109 Å². The van der Waals surface area contributed by atoms with Crippen LogP contribution in [0.15, 0.2) is 18.3 Å². The van der Waals surface area contributed by atoms with Gasteiger partial charge in [0.1, 0.15) is 11.5 Å². The van der Waals surface area contributed by atoms with Gasteiger partial charge in [0.2, 0.25) is 0 Å². The highest BCUT2D eigenvalue weighted by atomic mass is 19.1. The molecule has 2 rings (SSSR count). The molecular formula is C14H23FN2O. The van der Waals surface area contributed by atoms with Crippen LogP contribution in [-0.4, -0.2) is 35.5 Å². The van der Waals surface area contributed by atoms with Gasteiger partial charge in [0.05, 0.1) is 6.61 Å². The minimum Gasteiger partial charge on any atom is -0.393 e. The first-order valence-electron chi connectivity index (χ1n) is 6.60. The zero-order valence-electron chi connectivity index (χ0n) is 11.5. The van der Waals surface area contributed by atoms with Crippen LogP contribution in [-0.2, 0) is 0 Å². The first kappa shape index (κ1) is 14.9. The number of anilines is 1. The molecule has 0 radical (unpaired) electrons. The summed E-state index contributed by atoms with van der Waals surface area (Å²) in [7, 11) is 0. The third-order valence-corrected chi connectivity index (χ3v) is 3.16. The number of pyridine rings is 1. The van der Waals surface area contributed by atoms with Crippen molar-refractivity contribution in [3.05, 3.63) is 23.9 Å². The van der Waals surface area contributed by atoms with Gasteiger partial charge >= 0.3 is 0 Å². The van der Waals surface area contributed by atoms with Crippen LogP contribution >= 0.6 is 0 Å². The second-order valence-corrected chi connectivity index (χ2v) is 4.49. The Bertz CT molecular complexity index is 345. The summed E-state index contributed by atoms with van der Waals surface area (Å²) in [5.41, 5.74) is -0.266. The molecule has 1 aromatic rings. The smallest absolute Gasteiger partial charge is 0.137 e. The Hall–Kier alpha value is -1.16. The standard InChI is InChI=1S/C12H17FN2O.C2H6/c1-10-2-3-11(14-8-10)15-6-4-12(13,9-16)5-7-15;1-2/h2-3,8,16H,4-7,9H2,1H3;1-2H3. The number of rotatable bonds is 2. The number of piperidine rings is 1. The SMILES string of the molecule is CC.Cc1ccc(N2CCC(F)(CO)CC2)nc1. The molecule has 0 aromatic carbocycles. The number of halogens is 1. The Morgan fingerprint density at radius 1 is 1.33 bits per heavy atom. The maximum Gasteiger partial charge on any atom is 0.137 e. The van der Waals surface area contributed by atoms with E-state index in [0.717, 1.165) is 11.4 Å². The lowest BCUT2D eigenvalue weighted by Gasteiger charge is -2.35. The second-order valence-electron chi connectivity index (χ2n) is 4.49. The fraction of sp³-hybridized carbons (Fsp3) is 0.643. The molecule has 3 nitrogen and oxygen atoms in total. The number of aryl methyl sites for hydroxylation is 1. The molecule has 1 saturated heterocycles. The van der Waals surface area contributed by atoms with Gasteiger partial charge in [-0.15, -0.1) is 0 Å². The van der Waals surface area contributed by atoms with Gasteiger partial charge in [-0.2, -0.15) is 0 Å². The van der Waals surface area contributed by atoms with Crippen LogP contribution in [0.25, 0.3) is 0 Å². The quantitative estimate of drug-likeness (QED) is 0.881. The first-order chi connectivity index (χ1) is 8.63. The van der Waals surface area contributed by atoms with Crippen LogP contribution in [0.4, 0.5) is 10.2 Å². The van der Waals surface area contributed by atoms with Gasteiger partial charge in [0.15, 0.2) is 0 Å². The van der Waals surface area contributed by atoms with Crippen molar-refractivity contribution in [3.63, 3.8) is 0 Å². The number of aliphatic hydroxyl groups is 1. The lowest BCUT2D eigenvalue weighted by Crippen LogP contribution is -2.44. The first-order valence-corrected chi connectivity index (χ1v) is 6.60. The van der Waals surface area contributed by atoms with Crippen molar-refractivity contribution in [1.82, 2.24) is 4.98 Å². The fourth-order valence-electron chi connectivity index (χ4n) is 1.94. The molecule has 1 aliphatic heterocycles. The maximum absolute atomic E-state index is 13.8. The van der Waals surface area contributed by atoms with Crippen molar-refractivity contribution in [2.75, 3.05) is 24.6 Å². The highest BCUT2D eigenvalue weighted by Gasteiger charge is 2.34. The van der Waals surface area contributed by atoms with Crippen molar-refractivity contribution < 1.29 is 9.50 Å². The molecule has 0 aliphatic carbocycles. The van der Waals surface area contributed by atoms with E-state index in [1.807, 2.05) is 39.1 Å². The van der Waals surface area contributed by atoms with Gasteiger partial charge in [-0.05, 0) is 18.6 Å². The van der Waals surface area contributed by atoms with Crippen LogP contribution in [0.3, 0.4) is 0 Å². The van der Waals surface area contributed by atoms with Gasteiger partial charge in [0.25, 0.3) is 0 Å². The molecule has 0 unspecified atom stereocenters. The van der Waals surface area contributed by atoms with Crippen molar-refractivity contribution in [1.29, 1.82) is 0 Å². The molecule has 1 N–H and O–H groups in total. The summed E-state index contributed by atoms with van der Waals surface area (Å²) in [6.07, 6.45) is 2.57. The Balaban J connectivity index is 0.000000771. The van der Waals surface area contributed by atoms with Crippen LogP contribution in [0.5, 0.6) is 0 Å². The fourth-order valence-corrected chi connectivity index (χ4v) is 1.94. The molecule has 1 fully saturated rings. The van der Waals surface area contributed by atoms with E-state index in [2.05, 4.69) is 9.88 Å². The summed E-state index contributed by atoms with van der Waals surface area (Å²) >= 11 is 0. The van der Waals surface area contributed by atoms with E-state index in [4.69, 9.17) is 5.11 Å². The van der Waals surface area contributed by atoms with E-state index >= 15 is 0 Å². The number of hydrogen-bond donors (Lipinski definition) is 1. The molecule has 0 spiro atoms. The maximum atomic E-state index is 13.8. The molecular weight excluding hydrogens is 231 g/mol. The Kier molecular flexibility index (Phi) is 5.54. The van der Waals surface area contributed by atoms with Gasteiger partial charge in [-0.3, -0.25) is 0 Å². The average molecular weight is 254 g/mol. The van der Waals surface area contributed by atoms with Crippen molar-refractivity contribution >= 4 is 5.82 Å². The van der Waals surface area contributed by atoms with Crippen LogP contribution in [0.2, 0.25) is 0 Å². The summed E-state index contributed by atoms with van der Waals surface area (Å²) in [6.45, 7) is 6.85. The largest absolute Gasteiger partial charge is 0.393 e. The average Bonchev–Trinajstić information content (AvgIpc) is 2.43. The zero-order valence-corrected chi connectivity index (χ0v) is 11.5. The third kappa shape index (κ3) is 3.67. The normalized spacial score (nSPS) is 17.9. The Morgan fingerprint density at radius 3 is 2.39 bits per heavy atom. The number of aromatic nitrogens is 1. The highest BCUT2D eigenvalue weighted by Crippen LogP contribution is 2.28. The van der Waals surface area contributed by atoms with Gasteiger partial charge < -0.3 is 10.0 Å². The summed E-state index contributed by atoms with van der Waals surface area (Å²) < 4.78 is 13.8. The van der Waals surface area contributed by atoms with E-state index in [0.29, 0.717) is 25.9 Å². The van der Waals surface area contributed by atoms with Crippen molar-refractivity contribution in [3.8, 4) is 0 Å². The van der Waals surface area contributed by atoms with E-state index in [9.17, 15) is 4.39 Å². The highest BCUT2D eigenvalue weighted by molar-refractivity contribution is 5.39. The van der Waals surface area contributed by atoms with E-state index in [1.165, 1.54) is 0 Å². The minimum absolute atomic E-state index is 0.373. The predicted molar refractivity (Wildman–Crippen MR) is 72.7 cm³/mol. The molecule has 4 heteroatoms. The van der Waals surface area contributed by atoms with E-state index < -0.39 is 5.67 Å². The molecule has 18 heavy (non-hydrogen) atoms. The van der Waals surface area contributed by atoms with Gasteiger partial charge in [-0.1, -0.05) is 19.9 Å². The lowest BCUT2D eigenvalue weighted by molar-refractivity contribution is 0.0480. The molecule has 1 aliphatic rings. The van der Waals surface area contributed by atoms with E-state index in [-0.39, 0.29) is 6.61 Å². The molecule has 2 heterocycles. The monoisotopic (exact) mass is 254 g/mol. The molecule has 0 saturated carbocycles. The summed E-state index contributed by atoms with van der Waals surface area (Å²) in [5.74, 6) is 0.894. The second kappa shape index (κ2) is 6.69. The molecule has 102 valence electrons. The lowest BCUT2D eigenvalue weighted by atomic mass is 9.94. The van der Waals surface area contributed by atoms with Crippen LogP contribution in [0.1, 0.15) is 32.3 Å². The summed E-state index contributed by atoms with van der Waals surface area (Å²) in [4.78, 5) is 6.38. The molecule has 0 atom stereocenters. The topological polar surface area (TPSA) is 36.4 Å². The van der Waals surface area contributed by atoms with Crippen LogP contribution < -0.4 is 4.90 Å². The number of alkyl halides is 1. The predicted octanol–water partition coefficient (Wildman–Crippen LogP) is 2.72. The number of aliphatic hydroxyl groups excluding tert-OH is 1. The number of nitrogens with zero attached hydrogens (tertiary/aromatic N) is 2. The molecule has 1 aromatic heterocycles. The van der Waals surface area contributed by atoms with Gasteiger partial charge in [-0.25, -0.2) is 9.37 Å². The van der Waals surface area contributed by atoms with Crippen molar-refractivity contribution in [2.24, 2.45) is 0 Å². The minimum atomic E-state index is -1.39. The number of hydrogen-bond acceptors (Lipinski definition) is 3. The summed E-state index contributed by atoms with van der Waals surface area (Å²) in [6, 6.07) is 3.96.